The lowest BCUT2D eigenvalue weighted by atomic mass is 10.2. The van der Waals surface area contributed by atoms with E-state index >= 15 is 0 Å². The largest absolute Gasteiger partial charge is 0.322 e. The third-order valence-corrected chi connectivity index (χ3v) is 4.25. The molecule has 0 unspecified atom stereocenters. The molecular weight excluding hydrogens is 388 g/mol. The molecule has 0 aliphatic rings. The maximum absolute atomic E-state index is 13.8. The normalized spacial score (nSPS) is 10.7. The number of benzene rings is 2. The summed E-state index contributed by atoms with van der Waals surface area (Å²) in [5.41, 5.74) is 0.542. The predicted molar refractivity (Wildman–Crippen MR) is 103 cm³/mol. The molecule has 8 heteroatoms. The summed E-state index contributed by atoms with van der Waals surface area (Å²) >= 11 is 6.04. The highest BCUT2D eigenvalue weighted by Gasteiger charge is 2.15. The summed E-state index contributed by atoms with van der Waals surface area (Å²) in [6.07, 6.45) is 0.538. The second kappa shape index (κ2) is 8.31. The monoisotopic (exact) mass is 403 g/mol. The minimum atomic E-state index is -0.907. The van der Waals surface area contributed by atoms with Crippen molar-refractivity contribution in [3.05, 3.63) is 81.2 Å². The fourth-order valence-electron chi connectivity index (χ4n) is 2.66. The molecule has 0 aliphatic carbocycles. The van der Waals surface area contributed by atoms with Gasteiger partial charge >= 0.3 is 0 Å². The Hall–Kier alpha value is -3.06. The number of halogens is 3. The maximum Gasteiger partial charge on any atom is 0.254 e. The van der Waals surface area contributed by atoms with Gasteiger partial charge in [0.15, 0.2) is 0 Å². The number of carbonyl (C=O) groups is 1. The van der Waals surface area contributed by atoms with Gasteiger partial charge in [-0.05, 0) is 30.7 Å². The second-order valence-electron chi connectivity index (χ2n) is 6.03. The molecule has 0 saturated heterocycles. The first-order valence-electron chi connectivity index (χ1n) is 8.49. The van der Waals surface area contributed by atoms with Crippen molar-refractivity contribution in [1.82, 2.24) is 9.55 Å². The van der Waals surface area contributed by atoms with Crippen LogP contribution in [0.1, 0.15) is 12.6 Å². The summed E-state index contributed by atoms with van der Waals surface area (Å²) in [7, 11) is 0. The molecule has 3 rings (SSSR count). The number of carbonyl (C=O) groups excluding carboxylic acids is 1. The Labute approximate surface area is 164 Å². The molecule has 1 heterocycles. The minimum Gasteiger partial charge on any atom is -0.322 e. The van der Waals surface area contributed by atoms with E-state index in [-0.39, 0.29) is 11.5 Å². The van der Waals surface area contributed by atoms with Gasteiger partial charge in [-0.1, -0.05) is 30.7 Å². The van der Waals surface area contributed by atoms with Gasteiger partial charge in [0.1, 0.15) is 24.0 Å². The number of hydrogen-bond donors (Lipinski definition) is 1. The van der Waals surface area contributed by atoms with Gasteiger partial charge in [0.05, 0.1) is 5.69 Å². The number of nitrogens with one attached hydrogen (secondary N) is 1. The van der Waals surface area contributed by atoms with E-state index in [2.05, 4.69) is 10.3 Å². The molecule has 0 atom stereocenters. The van der Waals surface area contributed by atoms with E-state index in [9.17, 15) is 18.4 Å². The summed E-state index contributed by atoms with van der Waals surface area (Å²) in [5, 5.41) is 2.79. The molecule has 2 aromatic carbocycles. The van der Waals surface area contributed by atoms with Crippen LogP contribution in [0, 0.1) is 11.6 Å². The van der Waals surface area contributed by atoms with E-state index in [1.807, 2.05) is 6.92 Å². The molecule has 0 aliphatic heterocycles. The number of aryl methyl sites for hydroxylation is 1. The fourth-order valence-corrected chi connectivity index (χ4v) is 2.85. The van der Waals surface area contributed by atoms with Crippen LogP contribution in [-0.2, 0) is 17.8 Å². The van der Waals surface area contributed by atoms with Crippen molar-refractivity contribution in [3.8, 4) is 11.4 Å². The van der Waals surface area contributed by atoms with Crippen LogP contribution in [0.25, 0.3) is 11.4 Å². The van der Waals surface area contributed by atoms with Crippen LogP contribution in [0.15, 0.2) is 53.3 Å². The first-order chi connectivity index (χ1) is 13.4. The first kappa shape index (κ1) is 19.7. The standard InChI is InChI=1S/C20H16ClF2N3O2/c1-2-15-10-19(28)26(20(24-15)12-4-3-5-13(21)8-12)11-18(27)25-17-7-6-14(22)9-16(17)23/h3-10H,2,11H2,1H3,(H,25,27). The van der Waals surface area contributed by atoms with Gasteiger partial charge in [-0.25, -0.2) is 13.8 Å². The number of amides is 1. The molecule has 0 bridgehead atoms. The summed E-state index contributed by atoms with van der Waals surface area (Å²) in [4.78, 5) is 29.4. The quantitative estimate of drug-likeness (QED) is 0.699. The number of hydrogen-bond acceptors (Lipinski definition) is 3. The molecule has 0 spiro atoms. The van der Waals surface area contributed by atoms with Gasteiger partial charge in [-0.15, -0.1) is 0 Å². The Morgan fingerprint density at radius 1 is 1.18 bits per heavy atom. The minimum absolute atomic E-state index is 0.179. The zero-order valence-corrected chi connectivity index (χ0v) is 15.6. The molecule has 28 heavy (non-hydrogen) atoms. The predicted octanol–water partition coefficient (Wildman–Crippen LogP) is 4.04. The van der Waals surface area contributed by atoms with E-state index in [1.54, 1.807) is 24.3 Å². The van der Waals surface area contributed by atoms with Crippen LogP contribution in [0.4, 0.5) is 14.5 Å². The number of rotatable bonds is 5. The Morgan fingerprint density at radius 2 is 1.96 bits per heavy atom. The van der Waals surface area contributed by atoms with Crippen LogP contribution in [0.5, 0.6) is 0 Å². The zero-order valence-electron chi connectivity index (χ0n) is 14.9. The van der Waals surface area contributed by atoms with Crippen LogP contribution >= 0.6 is 11.6 Å². The summed E-state index contributed by atoms with van der Waals surface area (Å²) in [6.45, 7) is 1.46. The average Bonchev–Trinajstić information content (AvgIpc) is 2.65. The molecule has 0 radical (unpaired) electrons. The third-order valence-electron chi connectivity index (χ3n) is 4.01. The number of aromatic nitrogens is 2. The second-order valence-corrected chi connectivity index (χ2v) is 6.47. The van der Waals surface area contributed by atoms with Gasteiger partial charge in [0.2, 0.25) is 5.91 Å². The van der Waals surface area contributed by atoms with Gasteiger partial charge in [0.25, 0.3) is 5.56 Å². The van der Waals surface area contributed by atoms with Gasteiger partial charge < -0.3 is 5.32 Å². The van der Waals surface area contributed by atoms with Crippen LogP contribution in [-0.4, -0.2) is 15.5 Å². The lowest BCUT2D eigenvalue weighted by Gasteiger charge is -2.14. The molecule has 144 valence electrons. The van der Waals surface area contributed by atoms with Crippen LogP contribution in [0.3, 0.4) is 0 Å². The van der Waals surface area contributed by atoms with E-state index in [1.165, 1.54) is 10.6 Å². The fraction of sp³-hybridized carbons (Fsp3) is 0.150. The molecule has 1 aromatic heterocycles. The molecule has 0 saturated carbocycles. The average molecular weight is 404 g/mol. The van der Waals surface area contributed by atoms with Crippen molar-refractivity contribution >= 4 is 23.2 Å². The molecule has 1 N–H and O–H groups in total. The van der Waals surface area contributed by atoms with Crippen LogP contribution in [0.2, 0.25) is 5.02 Å². The summed E-state index contributed by atoms with van der Waals surface area (Å²) in [6, 6.07) is 10.9. The highest BCUT2D eigenvalue weighted by Crippen LogP contribution is 2.21. The number of nitrogens with zero attached hydrogens (tertiary/aromatic N) is 2. The third kappa shape index (κ3) is 4.43. The van der Waals surface area contributed by atoms with E-state index in [4.69, 9.17) is 11.6 Å². The highest BCUT2D eigenvalue weighted by atomic mass is 35.5. The maximum atomic E-state index is 13.8. The molecule has 3 aromatic rings. The van der Waals surface area contributed by atoms with Crippen molar-refractivity contribution < 1.29 is 13.6 Å². The van der Waals surface area contributed by atoms with E-state index in [0.717, 1.165) is 12.1 Å². The van der Waals surface area contributed by atoms with Crippen LogP contribution < -0.4 is 10.9 Å². The highest BCUT2D eigenvalue weighted by molar-refractivity contribution is 6.30. The van der Waals surface area contributed by atoms with Crippen molar-refractivity contribution in [2.75, 3.05) is 5.32 Å². The zero-order chi connectivity index (χ0) is 20.3. The topological polar surface area (TPSA) is 64.0 Å². The molecular formula is C20H16ClF2N3O2. The Bertz CT molecular complexity index is 1100. The van der Waals surface area contributed by atoms with Gasteiger partial charge in [0, 0.05) is 28.4 Å². The van der Waals surface area contributed by atoms with Crippen molar-refractivity contribution in [3.63, 3.8) is 0 Å². The van der Waals surface area contributed by atoms with Crippen molar-refractivity contribution in [1.29, 1.82) is 0 Å². The van der Waals surface area contributed by atoms with Gasteiger partial charge in [-0.2, -0.15) is 0 Å². The first-order valence-corrected chi connectivity index (χ1v) is 8.86. The Balaban J connectivity index is 1.96. The van der Waals surface area contributed by atoms with Crippen molar-refractivity contribution in [2.45, 2.75) is 19.9 Å². The molecule has 0 fully saturated rings. The molecule has 5 nitrogen and oxygen atoms in total. The summed E-state index contributed by atoms with van der Waals surface area (Å²) < 4.78 is 28.0. The summed E-state index contributed by atoms with van der Waals surface area (Å²) in [5.74, 6) is -2.03. The Morgan fingerprint density at radius 3 is 2.64 bits per heavy atom. The van der Waals surface area contributed by atoms with E-state index in [0.29, 0.717) is 28.8 Å². The van der Waals surface area contributed by atoms with Crippen molar-refractivity contribution in [2.24, 2.45) is 0 Å². The Kier molecular flexibility index (Phi) is 5.84. The molecule has 1 amide bonds. The SMILES string of the molecule is CCc1cc(=O)n(CC(=O)Nc2ccc(F)cc2F)c(-c2cccc(Cl)c2)n1. The smallest absolute Gasteiger partial charge is 0.254 e. The van der Waals surface area contributed by atoms with E-state index < -0.39 is 29.6 Å². The lowest BCUT2D eigenvalue weighted by molar-refractivity contribution is -0.116. The van der Waals surface area contributed by atoms with Gasteiger partial charge in [-0.3, -0.25) is 14.2 Å². The lowest BCUT2D eigenvalue weighted by Crippen LogP contribution is -2.30. The number of anilines is 1.